The number of aromatic nitrogens is 3. The molecule has 4 nitrogen and oxygen atoms in total. The zero-order valence-electron chi connectivity index (χ0n) is 15.5. The van der Waals surface area contributed by atoms with Gasteiger partial charge in [0.2, 0.25) is 0 Å². The summed E-state index contributed by atoms with van der Waals surface area (Å²) in [6, 6.07) is 9.28. The van der Waals surface area contributed by atoms with Crippen molar-refractivity contribution in [3.63, 3.8) is 0 Å². The van der Waals surface area contributed by atoms with Crippen LogP contribution in [0.4, 0.5) is 0 Å². The van der Waals surface area contributed by atoms with E-state index in [1.165, 1.54) is 31.2 Å². The van der Waals surface area contributed by atoms with Gasteiger partial charge >= 0.3 is 0 Å². The molecule has 0 radical (unpaired) electrons. The second kappa shape index (κ2) is 7.92. The summed E-state index contributed by atoms with van der Waals surface area (Å²) >= 11 is 1.71. The number of aliphatic hydroxyl groups excluding tert-OH is 1. The fraction of sp³-hybridized carbons (Fsp3) is 0.600. The largest absolute Gasteiger partial charge is 0.396 e. The minimum Gasteiger partial charge on any atom is -0.396 e. The smallest absolute Gasteiger partial charge is 0.191 e. The molecule has 1 saturated carbocycles. The molecule has 1 aromatic heterocycles. The van der Waals surface area contributed by atoms with Crippen molar-refractivity contribution in [1.82, 2.24) is 14.8 Å². The van der Waals surface area contributed by atoms with Crippen molar-refractivity contribution in [1.29, 1.82) is 0 Å². The van der Waals surface area contributed by atoms with E-state index in [1.807, 2.05) is 0 Å². The highest BCUT2D eigenvalue weighted by atomic mass is 32.2. The van der Waals surface area contributed by atoms with E-state index in [-0.39, 0.29) is 12.0 Å². The first-order valence-electron chi connectivity index (χ1n) is 9.30. The molecule has 3 rings (SSSR count). The van der Waals surface area contributed by atoms with Gasteiger partial charge in [0.25, 0.3) is 0 Å². The van der Waals surface area contributed by atoms with Gasteiger partial charge < -0.3 is 5.11 Å². The summed E-state index contributed by atoms with van der Waals surface area (Å²) in [6.45, 7) is 6.93. The van der Waals surface area contributed by atoms with E-state index in [2.05, 4.69) is 59.8 Å². The molecule has 5 heteroatoms. The third-order valence-electron chi connectivity index (χ3n) is 4.90. The van der Waals surface area contributed by atoms with E-state index in [1.54, 1.807) is 11.8 Å². The Morgan fingerprint density at radius 3 is 2.40 bits per heavy atom. The third kappa shape index (κ3) is 4.26. The van der Waals surface area contributed by atoms with Gasteiger partial charge in [0.05, 0.1) is 0 Å². The van der Waals surface area contributed by atoms with Crippen molar-refractivity contribution in [2.24, 2.45) is 0 Å². The van der Waals surface area contributed by atoms with Crippen LogP contribution in [-0.2, 0) is 5.41 Å². The summed E-state index contributed by atoms with van der Waals surface area (Å²) in [4.78, 5) is 0. The van der Waals surface area contributed by atoms with E-state index in [4.69, 9.17) is 5.11 Å². The van der Waals surface area contributed by atoms with Crippen molar-refractivity contribution in [3.8, 4) is 11.4 Å². The van der Waals surface area contributed by atoms with Crippen LogP contribution in [0.2, 0.25) is 0 Å². The summed E-state index contributed by atoms with van der Waals surface area (Å²) in [5.74, 6) is 1.86. The lowest BCUT2D eigenvalue weighted by Gasteiger charge is -2.20. The Hall–Kier alpha value is -1.33. The average molecular weight is 360 g/mol. The number of benzene rings is 1. The number of thioether (sulfide) groups is 1. The molecule has 1 fully saturated rings. The monoisotopic (exact) mass is 359 g/mol. The molecule has 0 atom stereocenters. The SMILES string of the molecule is CC(C)(C)c1ccc(-c2nnc(SCCCO)n2C2CCCC2)cc1. The predicted molar refractivity (Wildman–Crippen MR) is 104 cm³/mol. The van der Waals surface area contributed by atoms with Crippen LogP contribution in [0.1, 0.15) is 64.5 Å². The fourth-order valence-corrected chi connectivity index (χ4v) is 4.34. The Balaban J connectivity index is 1.92. The zero-order chi connectivity index (χ0) is 17.9. The quantitative estimate of drug-likeness (QED) is 0.593. The van der Waals surface area contributed by atoms with E-state index >= 15 is 0 Å². The highest BCUT2D eigenvalue weighted by Gasteiger charge is 2.25. The summed E-state index contributed by atoms with van der Waals surface area (Å²) in [6.07, 6.45) is 5.77. The second-order valence-corrected chi connectivity index (χ2v) is 8.93. The van der Waals surface area contributed by atoms with Gasteiger partial charge in [-0.3, -0.25) is 4.57 Å². The Labute approximate surface area is 155 Å². The molecule has 0 spiro atoms. The zero-order valence-corrected chi connectivity index (χ0v) is 16.4. The van der Waals surface area contributed by atoms with Gasteiger partial charge in [0, 0.05) is 24.0 Å². The van der Waals surface area contributed by atoms with Crippen LogP contribution < -0.4 is 0 Å². The van der Waals surface area contributed by atoms with Crippen LogP contribution in [0.5, 0.6) is 0 Å². The Morgan fingerprint density at radius 2 is 1.80 bits per heavy atom. The molecule has 2 aromatic rings. The van der Waals surface area contributed by atoms with Crippen molar-refractivity contribution < 1.29 is 5.11 Å². The Bertz CT molecular complexity index is 682. The van der Waals surface area contributed by atoms with Crippen LogP contribution >= 0.6 is 11.8 Å². The number of nitrogens with zero attached hydrogens (tertiary/aromatic N) is 3. The molecule has 25 heavy (non-hydrogen) atoms. The van der Waals surface area contributed by atoms with Gasteiger partial charge in [-0.2, -0.15) is 0 Å². The van der Waals surface area contributed by atoms with Crippen LogP contribution in [0.15, 0.2) is 29.4 Å². The minimum absolute atomic E-state index is 0.156. The van der Waals surface area contributed by atoms with Crippen molar-refractivity contribution >= 4 is 11.8 Å². The van der Waals surface area contributed by atoms with Crippen LogP contribution in [-0.4, -0.2) is 32.2 Å². The van der Waals surface area contributed by atoms with Gasteiger partial charge in [-0.25, -0.2) is 0 Å². The molecule has 136 valence electrons. The number of aliphatic hydroxyl groups is 1. The number of rotatable bonds is 6. The topological polar surface area (TPSA) is 50.9 Å². The molecule has 0 aliphatic heterocycles. The Morgan fingerprint density at radius 1 is 1.12 bits per heavy atom. The average Bonchev–Trinajstić information content (AvgIpc) is 3.23. The minimum atomic E-state index is 0.156. The van der Waals surface area contributed by atoms with Gasteiger partial charge in [0.15, 0.2) is 11.0 Å². The molecular formula is C20H29N3OS. The molecule has 1 aliphatic rings. The maximum Gasteiger partial charge on any atom is 0.191 e. The highest BCUT2D eigenvalue weighted by Crippen LogP contribution is 2.37. The molecule has 1 aromatic carbocycles. The predicted octanol–water partition coefficient (Wildman–Crippen LogP) is 4.83. The highest BCUT2D eigenvalue weighted by molar-refractivity contribution is 7.99. The number of hydrogen-bond acceptors (Lipinski definition) is 4. The van der Waals surface area contributed by atoms with Crippen molar-refractivity contribution in [2.75, 3.05) is 12.4 Å². The third-order valence-corrected chi connectivity index (χ3v) is 5.93. The lowest BCUT2D eigenvalue weighted by atomic mass is 9.86. The molecule has 1 heterocycles. The van der Waals surface area contributed by atoms with E-state index < -0.39 is 0 Å². The van der Waals surface area contributed by atoms with Crippen LogP contribution in [0.3, 0.4) is 0 Å². The standard InChI is InChI=1S/C20H29N3OS/c1-20(2,3)16-11-9-15(10-12-16)18-21-22-19(25-14-6-13-24)23(18)17-7-4-5-8-17/h9-12,17,24H,4-8,13-14H2,1-3H3. The lowest BCUT2D eigenvalue weighted by molar-refractivity contribution is 0.296. The first kappa shape index (κ1) is 18.5. The van der Waals surface area contributed by atoms with E-state index in [0.717, 1.165) is 28.7 Å². The number of hydrogen-bond donors (Lipinski definition) is 1. The summed E-state index contributed by atoms with van der Waals surface area (Å²) in [5, 5.41) is 19.0. The summed E-state index contributed by atoms with van der Waals surface area (Å²) in [5.41, 5.74) is 2.63. The maximum atomic E-state index is 9.04. The van der Waals surface area contributed by atoms with Crippen molar-refractivity contribution in [2.45, 2.75) is 69.5 Å². The van der Waals surface area contributed by atoms with E-state index in [9.17, 15) is 0 Å². The molecule has 1 N–H and O–H groups in total. The molecular weight excluding hydrogens is 330 g/mol. The second-order valence-electron chi connectivity index (χ2n) is 7.87. The maximum absolute atomic E-state index is 9.04. The summed E-state index contributed by atoms with van der Waals surface area (Å²) in [7, 11) is 0. The summed E-state index contributed by atoms with van der Waals surface area (Å²) < 4.78 is 2.35. The normalized spacial score (nSPS) is 15.8. The molecule has 0 saturated heterocycles. The first-order valence-corrected chi connectivity index (χ1v) is 10.3. The molecule has 0 unspecified atom stereocenters. The van der Waals surface area contributed by atoms with Gasteiger partial charge in [-0.05, 0) is 30.2 Å². The van der Waals surface area contributed by atoms with Gasteiger partial charge in [-0.1, -0.05) is 69.6 Å². The Kier molecular flexibility index (Phi) is 5.85. The van der Waals surface area contributed by atoms with Gasteiger partial charge in [0.1, 0.15) is 0 Å². The van der Waals surface area contributed by atoms with Crippen LogP contribution in [0, 0.1) is 0 Å². The molecule has 0 bridgehead atoms. The van der Waals surface area contributed by atoms with Crippen LogP contribution in [0.25, 0.3) is 11.4 Å². The fourth-order valence-electron chi connectivity index (χ4n) is 3.41. The molecule has 0 amide bonds. The molecule has 1 aliphatic carbocycles. The first-order chi connectivity index (χ1) is 12.0. The van der Waals surface area contributed by atoms with E-state index in [0.29, 0.717) is 6.04 Å². The lowest BCUT2D eigenvalue weighted by Crippen LogP contribution is -2.11. The van der Waals surface area contributed by atoms with Gasteiger partial charge in [-0.15, -0.1) is 10.2 Å². The van der Waals surface area contributed by atoms with Crippen molar-refractivity contribution in [3.05, 3.63) is 29.8 Å².